The molecule has 1 fully saturated rings. The van der Waals surface area contributed by atoms with Crippen molar-refractivity contribution in [1.82, 2.24) is 14.9 Å². The summed E-state index contributed by atoms with van der Waals surface area (Å²) in [5.74, 6) is -1.26. The summed E-state index contributed by atoms with van der Waals surface area (Å²) in [7, 11) is -3.52. The van der Waals surface area contributed by atoms with Crippen LogP contribution in [0, 0.1) is 0 Å². The molecule has 0 aliphatic heterocycles. The summed E-state index contributed by atoms with van der Waals surface area (Å²) in [6.07, 6.45) is 4.30. The van der Waals surface area contributed by atoms with Gasteiger partial charge in [0.25, 0.3) is 5.91 Å². The molecule has 1 aromatic rings. The molecule has 0 unspecified atom stereocenters. The molecule has 1 aliphatic carbocycles. The smallest absolute Gasteiger partial charge is 0.321 e. The topological polar surface area (TPSA) is 122 Å². The van der Waals surface area contributed by atoms with E-state index in [4.69, 9.17) is 4.74 Å². The van der Waals surface area contributed by atoms with Gasteiger partial charge < -0.3 is 10.1 Å². The van der Waals surface area contributed by atoms with Crippen LogP contribution in [0.25, 0.3) is 0 Å². The van der Waals surface area contributed by atoms with E-state index < -0.39 is 34.5 Å². The van der Waals surface area contributed by atoms with Gasteiger partial charge in [-0.2, -0.15) is 4.31 Å². The largest absolute Gasteiger partial charge is 0.456 e. The zero-order valence-electron chi connectivity index (χ0n) is 18.1. The number of carbonyl (C=O) groups excluding carboxylic acids is 3. The monoisotopic (exact) mass is 453 g/mol. The second kappa shape index (κ2) is 11.8. The first-order valence-corrected chi connectivity index (χ1v) is 12.0. The number of urea groups is 1. The molecule has 2 N–H and O–H groups in total. The van der Waals surface area contributed by atoms with Crippen molar-refractivity contribution in [3.05, 3.63) is 29.8 Å². The van der Waals surface area contributed by atoms with Gasteiger partial charge in [-0.1, -0.05) is 38.8 Å². The second-order valence-corrected chi connectivity index (χ2v) is 9.33. The maximum Gasteiger partial charge on any atom is 0.321 e. The van der Waals surface area contributed by atoms with Gasteiger partial charge in [-0.15, -0.1) is 0 Å². The molecule has 0 saturated heterocycles. The standard InChI is InChI=1S/C21H31N3O6S/c1-3-24(4-2)31(28,29)18-12-9-16(10-13-18)11-14-20(26)30-15-19(25)23-21(27)22-17-7-5-6-8-17/h9-10,12-13,17H,3-8,11,14-15H2,1-2H3,(H2,22,23,25,27). The molecule has 31 heavy (non-hydrogen) atoms. The van der Waals surface area contributed by atoms with Crippen LogP contribution in [0.4, 0.5) is 4.79 Å². The zero-order chi connectivity index (χ0) is 22.9. The number of ether oxygens (including phenoxy) is 1. The molecule has 0 aromatic heterocycles. The molecule has 10 heteroatoms. The predicted octanol–water partition coefficient (Wildman–Crippen LogP) is 1.96. The van der Waals surface area contributed by atoms with Crippen LogP contribution >= 0.6 is 0 Å². The lowest BCUT2D eigenvalue weighted by Gasteiger charge is -2.18. The van der Waals surface area contributed by atoms with Crippen molar-refractivity contribution in [2.24, 2.45) is 0 Å². The van der Waals surface area contributed by atoms with E-state index in [0.717, 1.165) is 31.2 Å². The minimum absolute atomic E-state index is 0.0314. The molecule has 0 heterocycles. The van der Waals surface area contributed by atoms with Crippen molar-refractivity contribution in [3.63, 3.8) is 0 Å². The SMILES string of the molecule is CCN(CC)S(=O)(=O)c1ccc(CCC(=O)OCC(=O)NC(=O)NC2CCCC2)cc1. The summed E-state index contributed by atoms with van der Waals surface area (Å²) in [5.41, 5.74) is 0.774. The first-order chi connectivity index (χ1) is 14.8. The molecule has 0 spiro atoms. The number of rotatable bonds is 10. The molecule has 3 amide bonds. The maximum absolute atomic E-state index is 12.5. The van der Waals surface area contributed by atoms with Gasteiger partial charge in [-0.25, -0.2) is 13.2 Å². The van der Waals surface area contributed by atoms with Crippen molar-refractivity contribution < 1.29 is 27.5 Å². The van der Waals surface area contributed by atoms with E-state index in [1.807, 2.05) is 0 Å². The highest BCUT2D eigenvalue weighted by Gasteiger charge is 2.21. The second-order valence-electron chi connectivity index (χ2n) is 7.40. The number of carbonyl (C=O) groups is 3. The van der Waals surface area contributed by atoms with Crippen LogP contribution in [0.15, 0.2) is 29.2 Å². The maximum atomic E-state index is 12.5. The fourth-order valence-corrected chi connectivity index (χ4v) is 4.92. The summed E-state index contributed by atoms with van der Waals surface area (Å²) in [4.78, 5) is 35.5. The number of esters is 1. The van der Waals surface area contributed by atoms with Crippen LogP contribution < -0.4 is 10.6 Å². The van der Waals surface area contributed by atoms with E-state index in [-0.39, 0.29) is 17.4 Å². The molecule has 0 atom stereocenters. The fourth-order valence-electron chi connectivity index (χ4n) is 3.46. The molecule has 172 valence electrons. The summed E-state index contributed by atoms with van der Waals surface area (Å²) in [6, 6.07) is 5.86. The van der Waals surface area contributed by atoms with Gasteiger partial charge >= 0.3 is 12.0 Å². The Morgan fingerprint density at radius 1 is 1.06 bits per heavy atom. The molecule has 1 aromatic carbocycles. The van der Waals surface area contributed by atoms with Crippen LogP contribution in [0.5, 0.6) is 0 Å². The van der Waals surface area contributed by atoms with Gasteiger partial charge in [-0.05, 0) is 37.0 Å². The molecule has 0 bridgehead atoms. The quantitative estimate of drug-likeness (QED) is 0.522. The van der Waals surface area contributed by atoms with Crippen LogP contribution in [0.1, 0.15) is 51.5 Å². The third-order valence-electron chi connectivity index (χ3n) is 5.19. The Bertz CT molecular complexity index is 860. The van der Waals surface area contributed by atoms with Gasteiger partial charge in [-0.3, -0.25) is 14.9 Å². The first-order valence-electron chi connectivity index (χ1n) is 10.6. The summed E-state index contributed by atoms with van der Waals surface area (Å²) in [5, 5.41) is 4.86. The number of sulfonamides is 1. The summed E-state index contributed by atoms with van der Waals surface area (Å²) < 4.78 is 31.2. The number of nitrogens with one attached hydrogen (secondary N) is 2. The third kappa shape index (κ3) is 7.62. The molecular weight excluding hydrogens is 422 g/mol. The number of amides is 3. The van der Waals surface area contributed by atoms with Gasteiger partial charge in [0, 0.05) is 25.6 Å². The van der Waals surface area contributed by atoms with Crippen molar-refractivity contribution >= 4 is 27.9 Å². The lowest BCUT2D eigenvalue weighted by atomic mass is 10.1. The Balaban J connectivity index is 1.73. The third-order valence-corrected chi connectivity index (χ3v) is 7.26. The number of benzene rings is 1. The predicted molar refractivity (Wildman–Crippen MR) is 115 cm³/mol. The van der Waals surface area contributed by atoms with Crippen LogP contribution in [0.2, 0.25) is 0 Å². The van der Waals surface area contributed by atoms with E-state index in [1.165, 1.54) is 16.4 Å². The van der Waals surface area contributed by atoms with Gasteiger partial charge in [0.15, 0.2) is 6.61 Å². The van der Waals surface area contributed by atoms with Crippen molar-refractivity contribution in [1.29, 1.82) is 0 Å². The Labute approximate surface area is 183 Å². The number of hydrogen-bond acceptors (Lipinski definition) is 6. The molecular formula is C21H31N3O6S. The Morgan fingerprint density at radius 2 is 1.68 bits per heavy atom. The Kier molecular flexibility index (Phi) is 9.44. The lowest BCUT2D eigenvalue weighted by Crippen LogP contribution is -2.45. The molecule has 2 rings (SSSR count). The van der Waals surface area contributed by atoms with Gasteiger partial charge in [0.2, 0.25) is 10.0 Å². The highest BCUT2D eigenvalue weighted by atomic mass is 32.2. The highest BCUT2D eigenvalue weighted by molar-refractivity contribution is 7.89. The lowest BCUT2D eigenvalue weighted by molar-refractivity contribution is -0.148. The number of imide groups is 1. The summed E-state index contributed by atoms with van der Waals surface area (Å²) in [6.45, 7) is 3.81. The highest BCUT2D eigenvalue weighted by Crippen LogP contribution is 2.18. The number of hydrogen-bond donors (Lipinski definition) is 2. The summed E-state index contributed by atoms with van der Waals surface area (Å²) >= 11 is 0. The number of nitrogens with zero attached hydrogens (tertiary/aromatic N) is 1. The average molecular weight is 454 g/mol. The van der Waals surface area contributed by atoms with Crippen LogP contribution in [0.3, 0.4) is 0 Å². The van der Waals surface area contributed by atoms with Crippen LogP contribution in [-0.4, -0.2) is 56.4 Å². The Morgan fingerprint density at radius 3 is 2.26 bits per heavy atom. The molecule has 0 radical (unpaired) electrons. The molecule has 1 aliphatic rings. The first kappa shape index (κ1) is 24.8. The minimum atomic E-state index is -3.52. The Hall–Kier alpha value is -2.46. The average Bonchev–Trinajstić information content (AvgIpc) is 3.24. The minimum Gasteiger partial charge on any atom is -0.456 e. The van der Waals surface area contributed by atoms with E-state index in [9.17, 15) is 22.8 Å². The fraction of sp³-hybridized carbons (Fsp3) is 0.571. The van der Waals surface area contributed by atoms with Gasteiger partial charge in [0.1, 0.15) is 0 Å². The van der Waals surface area contributed by atoms with Crippen molar-refractivity contribution in [2.45, 2.75) is 63.3 Å². The van der Waals surface area contributed by atoms with Gasteiger partial charge in [0.05, 0.1) is 4.90 Å². The van der Waals surface area contributed by atoms with E-state index in [1.54, 1.807) is 26.0 Å². The van der Waals surface area contributed by atoms with Crippen LogP contribution in [-0.2, 0) is 30.8 Å². The van der Waals surface area contributed by atoms with Crippen molar-refractivity contribution in [3.8, 4) is 0 Å². The van der Waals surface area contributed by atoms with E-state index in [0.29, 0.717) is 19.5 Å². The normalized spacial score (nSPS) is 14.4. The molecule has 1 saturated carbocycles. The van der Waals surface area contributed by atoms with Crippen molar-refractivity contribution in [2.75, 3.05) is 19.7 Å². The number of aryl methyl sites for hydroxylation is 1. The zero-order valence-corrected chi connectivity index (χ0v) is 18.9. The van der Waals surface area contributed by atoms with E-state index in [2.05, 4.69) is 10.6 Å². The molecule has 9 nitrogen and oxygen atoms in total. The van der Waals surface area contributed by atoms with E-state index >= 15 is 0 Å².